The maximum Gasteiger partial charge on any atom is 0.162 e. The summed E-state index contributed by atoms with van der Waals surface area (Å²) in [6.07, 6.45) is 0. The molecule has 0 atom stereocenters. The molecule has 146 valence electrons. The summed E-state index contributed by atoms with van der Waals surface area (Å²) in [6, 6.07) is 13.7. The highest BCUT2D eigenvalue weighted by Crippen LogP contribution is 2.32. The lowest BCUT2D eigenvalue weighted by Gasteiger charge is -2.11. The summed E-state index contributed by atoms with van der Waals surface area (Å²) in [7, 11) is 0. The van der Waals surface area contributed by atoms with Crippen molar-refractivity contribution in [3.05, 3.63) is 76.8 Å². The van der Waals surface area contributed by atoms with Crippen LogP contribution in [0.1, 0.15) is 5.56 Å². The number of hydrogen-bond donors (Lipinski definition) is 2. The number of fused-ring (bicyclic) bond motifs is 1. The third-order valence-electron chi connectivity index (χ3n) is 4.32. The Hall–Kier alpha value is -3.45. The maximum atomic E-state index is 13.8. The number of nitrogens with two attached hydrogens (primary N) is 2. The van der Waals surface area contributed by atoms with Gasteiger partial charge in [-0.15, -0.1) is 0 Å². The minimum absolute atomic E-state index is 0.0246. The van der Waals surface area contributed by atoms with Gasteiger partial charge in [0.2, 0.25) is 0 Å². The van der Waals surface area contributed by atoms with Crippen LogP contribution in [0.3, 0.4) is 0 Å². The first-order valence-corrected chi connectivity index (χ1v) is 8.98. The molecular weight excluding hydrogens is 398 g/mol. The predicted octanol–water partition coefficient (Wildman–Crippen LogP) is 4.97. The largest absolute Gasteiger partial charge is 0.487 e. The van der Waals surface area contributed by atoms with Crippen LogP contribution in [0.5, 0.6) is 5.75 Å². The summed E-state index contributed by atoms with van der Waals surface area (Å²) in [6.45, 7) is 0.164. The fourth-order valence-corrected chi connectivity index (χ4v) is 3.10. The van der Waals surface area contributed by atoms with Crippen LogP contribution in [0.25, 0.3) is 22.3 Å². The van der Waals surface area contributed by atoms with E-state index in [1.165, 1.54) is 24.3 Å². The van der Waals surface area contributed by atoms with Gasteiger partial charge in [-0.25, -0.2) is 18.7 Å². The third-order valence-corrected chi connectivity index (χ3v) is 4.61. The maximum absolute atomic E-state index is 13.8. The third kappa shape index (κ3) is 3.90. The van der Waals surface area contributed by atoms with Gasteiger partial charge < -0.3 is 16.2 Å². The van der Waals surface area contributed by atoms with Crippen molar-refractivity contribution in [2.75, 3.05) is 11.5 Å². The van der Waals surface area contributed by atoms with Gasteiger partial charge in [-0.3, -0.25) is 0 Å². The van der Waals surface area contributed by atoms with E-state index in [0.29, 0.717) is 32.8 Å². The number of rotatable bonds is 4. The van der Waals surface area contributed by atoms with E-state index in [1.807, 2.05) is 0 Å². The number of halogens is 3. The van der Waals surface area contributed by atoms with E-state index in [4.69, 9.17) is 27.8 Å². The molecule has 0 spiro atoms. The first kappa shape index (κ1) is 18.9. The minimum atomic E-state index is -0.583. The molecule has 0 aliphatic rings. The van der Waals surface area contributed by atoms with Gasteiger partial charge in [0.25, 0.3) is 0 Å². The van der Waals surface area contributed by atoms with Crippen molar-refractivity contribution in [1.82, 2.24) is 9.97 Å². The fraction of sp³-hybridized carbons (Fsp3) is 0.0476. The molecule has 0 radical (unpaired) electrons. The van der Waals surface area contributed by atoms with E-state index < -0.39 is 5.82 Å². The zero-order chi connectivity index (χ0) is 20.5. The van der Waals surface area contributed by atoms with Gasteiger partial charge in [0, 0.05) is 17.0 Å². The molecule has 0 bridgehead atoms. The highest BCUT2D eigenvalue weighted by atomic mass is 35.5. The first-order valence-electron chi connectivity index (χ1n) is 8.60. The Morgan fingerprint density at radius 1 is 0.966 bits per heavy atom. The van der Waals surface area contributed by atoms with Gasteiger partial charge in [0.05, 0.1) is 16.2 Å². The monoisotopic (exact) mass is 412 g/mol. The summed E-state index contributed by atoms with van der Waals surface area (Å²) in [5.74, 6) is -0.0262. The van der Waals surface area contributed by atoms with Gasteiger partial charge in [-0.1, -0.05) is 23.7 Å². The van der Waals surface area contributed by atoms with Crippen molar-refractivity contribution in [2.45, 2.75) is 6.61 Å². The normalized spacial score (nSPS) is 11.0. The van der Waals surface area contributed by atoms with Crippen molar-refractivity contribution in [2.24, 2.45) is 0 Å². The summed E-state index contributed by atoms with van der Waals surface area (Å²) >= 11 is 6.32. The van der Waals surface area contributed by atoms with E-state index in [9.17, 15) is 8.78 Å². The molecule has 0 unspecified atom stereocenters. The number of benzene rings is 3. The molecule has 4 rings (SSSR count). The van der Waals surface area contributed by atoms with Crippen molar-refractivity contribution in [1.29, 1.82) is 0 Å². The van der Waals surface area contributed by atoms with Crippen molar-refractivity contribution >= 4 is 34.0 Å². The molecule has 4 N–H and O–H groups in total. The summed E-state index contributed by atoms with van der Waals surface area (Å²) in [5, 5.41) is 0.790. The van der Waals surface area contributed by atoms with Crippen molar-refractivity contribution < 1.29 is 13.5 Å². The topological polar surface area (TPSA) is 87.1 Å². The molecule has 5 nitrogen and oxygen atoms in total. The highest BCUT2D eigenvalue weighted by Gasteiger charge is 2.12. The average molecular weight is 413 g/mol. The Bertz CT molecular complexity index is 1230. The lowest BCUT2D eigenvalue weighted by atomic mass is 10.1. The Morgan fingerprint density at radius 2 is 1.79 bits per heavy atom. The molecule has 0 saturated carbocycles. The van der Waals surface area contributed by atoms with Crippen LogP contribution in [0, 0.1) is 11.6 Å². The number of nitrogens with zero attached hydrogens (tertiary/aromatic N) is 2. The average Bonchev–Trinajstić information content (AvgIpc) is 2.68. The van der Waals surface area contributed by atoms with E-state index in [0.717, 1.165) is 0 Å². The lowest BCUT2D eigenvalue weighted by molar-refractivity contribution is 0.306. The first-order chi connectivity index (χ1) is 13.9. The van der Waals surface area contributed by atoms with Crippen LogP contribution in [-0.2, 0) is 6.61 Å². The molecule has 0 amide bonds. The molecule has 0 saturated heterocycles. The highest BCUT2D eigenvalue weighted by molar-refractivity contribution is 6.32. The van der Waals surface area contributed by atoms with Gasteiger partial charge in [-0.2, -0.15) is 0 Å². The summed E-state index contributed by atoms with van der Waals surface area (Å²) < 4.78 is 32.7. The van der Waals surface area contributed by atoms with Crippen LogP contribution in [0.4, 0.5) is 20.3 Å². The second-order valence-electron chi connectivity index (χ2n) is 6.39. The zero-order valence-corrected chi connectivity index (χ0v) is 15.8. The zero-order valence-electron chi connectivity index (χ0n) is 15.0. The van der Waals surface area contributed by atoms with E-state index >= 15 is 0 Å². The molecule has 29 heavy (non-hydrogen) atoms. The molecule has 0 aliphatic carbocycles. The minimum Gasteiger partial charge on any atom is -0.487 e. The molecular formula is C21H15ClF2N4O. The van der Waals surface area contributed by atoms with Crippen molar-refractivity contribution in [3.63, 3.8) is 0 Å². The molecule has 1 heterocycles. The molecule has 1 aromatic heterocycles. The lowest BCUT2D eigenvalue weighted by Crippen LogP contribution is -2.00. The molecule has 3 aromatic carbocycles. The number of hydrogen-bond acceptors (Lipinski definition) is 5. The Balaban J connectivity index is 1.62. The van der Waals surface area contributed by atoms with Crippen molar-refractivity contribution in [3.8, 4) is 17.1 Å². The Labute approximate surface area is 169 Å². The second kappa shape index (κ2) is 7.52. The molecule has 4 aromatic rings. The molecule has 0 aliphatic heterocycles. The van der Waals surface area contributed by atoms with E-state index in [-0.39, 0.29) is 29.8 Å². The quantitative estimate of drug-likeness (QED) is 0.462. The molecule has 0 fully saturated rings. The summed E-state index contributed by atoms with van der Waals surface area (Å²) in [5.41, 5.74) is 13.1. The van der Waals surface area contributed by atoms with Crippen LogP contribution < -0.4 is 16.2 Å². The number of nitrogen functional groups attached to an aromatic ring is 2. The Kier molecular flexibility index (Phi) is 4.90. The van der Waals surface area contributed by atoms with Crippen LogP contribution in [0.2, 0.25) is 5.02 Å². The van der Waals surface area contributed by atoms with Crippen LogP contribution >= 0.6 is 11.6 Å². The van der Waals surface area contributed by atoms with Crippen LogP contribution in [0.15, 0.2) is 54.6 Å². The standard InChI is InChI=1S/C21H15ClF2N4O/c22-15-7-12(4-5-19(15)29-10-11-2-1-3-13(23)6-11)21-27-18-9-16(24)17(25)8-14(18)20(26)28-21/h1-9H,10,25H2,(H2,26,27,28). The Morgan fingerprint density at radius 3 is 2.55 bits per heavy atom. The molecule has 8 heteroatoms. The number of aromatic nitrogens is 2. The van der Waals surface area contributed by atoms with Crippen LogP contribution in [-0.4, -0.2) is 9.97 Å². The van der Waals surface area contributed by atoms with Gasteiger partial charge >= 0.3 is 0 Å². The number of ether oxygens (including phenoxy) is 1. The predicted molar refractivity (Wildman–Crippen MR) is 109 cm³/mol. The number of anilines is 2. The fourth-order valence-electron chi connectivity index (χ4n) is 2.86. The van der Waals surface area contributed by atoms with Gasteiger partial charge in [0.1, 0.15) is 29.8 Å². The summed E-state index contributed by atoms with van der Waals surface area (Å²) in [4.78, 5) is 8.62. The second-order valence-corrected chi connectivity index (χ2v) is 6.79. The van der Waals surface area contributed by atoms with Gasteiger partial charge in [0.15, 0.2) is 5.82 Å². The SMILES string of the molecule is Nc1cc2c(N)nc(-c3ccc(OCc4cccc(F)c4)c(Cl)c3)nc2cc1F. The van der Waals surface area contributed by atoms with E-state index in [1.54, 1.807) is 30.3 Å². The van der Waals surface area contributed by atoms with E-state index in [2.05, 4.69) is 9.97 Å². The van der Waals surface area contributed by atoms with Gasteiger partial charge in [-0.05, 0) is 42.0 Å². The smallest absolute Gasteiger partial charge is 0.162 e.